The molecule has 4 aromatic carbocycles. The summed E-state index contributed by atoms with van der Waals surface area (Å²) in [6.07, 6.45) is -5.01. The molecule has 9 N–H and O–H groups in total. The second kappa shape index (κ2) is 9.82. The van der Waals surface area contributed by atoms with Crippen LogP contribution in [-0.2, 0) is 6.42 Å². The van der Waals surface area contributed by atoms with E-state index in [1.165, 1.54) is 30.3 Å². The van der Waals surface area contributed by atoms with Crippen molar-refractivity contribution in [3.8, 4) is 51.7 Å². The van der Waals surface area contributed by atoms with Crippen molar-refractivity contribution in [3.63, 3.8) is 0 Å². The van der Waals surface area contributed by atoms with Gasteiger partial charge >= 0.3 is 0 Å². The SMILES string of the molecule is Cc1cc(C2Oc3c(c(O)cc(O)c3C3c4c(O)cc(O)cc4OC(c4ccc(O)c(O)c4)C3O)CC2O)ccc1O. The van der Waals surface area contributed by atoms with Gasteiger partial charge in [0.25, 0.3) is 0 Å². The molecule has 5 atom stereocenters. The highest BCUT2D eigenvalue weighted by atomic mass is 16.5. The summed E-state index contributed by atoms with van der Waals surface area (Å²) in [6, 6.07) is 11.8. The van der Waals surface area contributed by atoms with Gasteiger partial charge in [-0.3, -0.25) is 0 Å². The first kappa shape index (κ1) is 27.2. The first-order valence-electron chi connectivity index (χ1n) is 13.1. The normalized spacial score (nSPS) is 22.9. The summed E-state index contributed by atoms with van der Waals surface area (Å²) in [5.74, 6) is -3.82. The molecule has 0 fully saturated rings. The van der Waals surface area contributed by atoms with E-state index in [2.05, 4.69) is 0 Å². The Morgan fingerprint density at radius 1 is 0.619 bits per heavy atom. The van der Waals surface area contributed by atoms with E-state index in [-0.39, 0.29) is 57.4 Å². The van der Waals surface area contributed by atoms with E-state index >= 15 is 0 Å². The summed E-state index contributed by atoms with van der Waals surface area (Å²) < 4.78 is 12.2. The van der Waals surface area contributed by atoms with E-state index in [4.69, 9.17) is 9.47 Å². The van der Waals surface area contributed by atoms with Crippen molar-refractivity contribution in [1.29, 1.82) is 0 Å². The molecule has 0 saturated heterocycles. The van der Waals surface area contributed by atoms with Crippen LogP contribution in [0.25, 0.3) is 0 Å². The Labute approximate surface area is 239 Å². The van der Waals surface area contributed by atoms with Gasteiger partial charge in [0.2, 0.25) is 0 Å². The third kappa shape index (κ3) is 4.30. The first-order valence-corrected chi connectivity index (χ1v) is 13.1. The molecular formula is C31H28O11. The van der Waals surface area contributed by atoms with Crippen molar-refractivity contribution in [2.24, 2.45) is 0 Å². The fourth-order valence-corrected chi connectivity index (χ4v) is 5.85. The lowest BCUT2D eigenvalue weighted by Crippen LogP contribution is -2.36. The highest BCUT2D eigenvalue weighted by Crippen LogP contribution is 2.57. The maximum atomic E-state index is 11.8. The predicted molar refractivity (Wildman–Crippen MR) is 146 cm³/mol. The lowest BCUT2D eigenvalue weighted by atomic mass is 9.77. The van der Waals surface area contributed by atoms with Crippen LogP contribution in [0.1, 0.15) is 51.5 Å². The largest absolute Gasteiger partial charge is 0.508 e. The summed E-state index contributed by atoms with van der Waals surface area (Å²) in [4.78, 5) is 0. The predicted octanol–water partition coefficient (Wildman–Crippen LogP) is 3.60. The van der Waals surface area contributed by atoms with Crippen LogP contribution in [0.4, 0.5) is 0 Å². The molecule has 4 aromatic rings. The fraction of sp³-hybridized carbons (Fsp3) is 0.226. The highest BCUT2D eigenvalue weighted by Gasteiger charge is 2.46. The molecule has 11 heteroatoms. The number of benzene rings is 4. The molecule has 218 valence electrons. The van der Waals surface area contributed by atoms with E-state index in [9.17, 15) is 46.0 Å². The van der Waals surface area contributed by atoms with Gasteiger partial charge in [-0.2, -0.15) is 0 Å². The summed E-state index contributed by atoms with van der Waals surface area (Å²) in [6.45, 7) is 1.68. The monoisotopic (exact) mass is 576 g/mol. The standard InChI is InChI=1S/C31H28O11/c1-12-6-13(2-4-17(12)33)29-23(39)10-16-19(35)11-22(38)26(31(16)42-29)27-25-21(37)8-15(32)9-24(25)41-30(28(27)40)14-3-5-18(34)20(36)7-14/h2-9,11,23,27-30,32-40H,10H2,1H3. The molecule has 11 nitrogen and oxygen atoms in total. The second-order valence-electron chi connectivity index (χ2n) is 10.6. The first-order chi connectivity index (χ1) is 19.9. The van der Waals surface area contributed by atoms with Gasteiger partial charge in [0.1, 0.15) is 52.5 Å². The number of rotatable bonds is 3. The van der Waals surface area contributed by atoms with Crippen molar-refractivity contribution < 1.29 is 55.4 Å². The Bertz CT molecular complexity index is 1720. The molecule has 0 aliphatic carbocycles. The molecule has 5 unspecified atom stereocenters. The topological polar surface area (TPSA) is 201 Å². The molecular weight excluding hydrogens is 548 g/mol. The summed E-state index contributed by atoms with van der Waals surface area (Å²) >= 11 is 0. The average molecular weight is 577 g/mol. The molecule has 6 rings (SSSR count). The van der Waals surface area contributed by atoms with E-state index in [0.717, 1.165) is 12.1 Å². The lowest BCUT2D eigenvalue weighted by Gasteiger charge is -2.40. The number of hydrogen-bond donors (Lipinski definition) is 9. The van der Waals surface area contributed by atoms with Gasteiger partial charge in [0, 0.05) is 41.3 Å². The summed E-state index contributed by atoms with van der Waals surface area (Å²) in [5, 5.41) is 95.9. The van der Waals surface area contributed by atoms with Crippen LogP contribution in [0.15, 0.2) is 54.6 Å². The van der Waals surface area contributed by atoms with Crippen molar-refractivity contribution in [3.05, 3.63) is 88.0 Å². The van der Waals surface area contributed by atoms with Crippen LogP contribution < -0.4 is 9.47 Å². The maximum Gasteiger partial charge on any atom is 0.157 e. The van der Waals surface area contributed by atoms with Crippen molar-refractivity contribution >= 4 is 0 Å². The molecule has 2 aliphatic heterocycles. The van der Waals surface area contributed by atoms with Crippen LogP contribution in [0.2, 0.25) is 0 Å². The number of aromatic hydroxyl groups is 7. The Balaban J connectivity index is 1.55. The maximum absolute atomic E-state index is 11.8. The van der Waals surface area contributed by atoms with E-state index in [1.54, 1.807) is 19.1 Å². The zero-order valence-electron chi connectivity index (χ0n) is 22.1. The number of aliphatic hydroxyl groups is 2. The van der Waals surface area contributed by atoms with Gasteiger partial charge in [-0.05, 0) is 47.9 Å². The van der Waals surface area contributed by atoms with Gasteiger partial charge in [-0.1, -0.05) is 12.1 Å². The van der Waals surface area contributed by atoms with Crippen molar-refractivity contribution in [1.82, 2.24) is 0 Å². The van der Waals surface area contributed by atoms with Crippen LogP contribution in [0.3, 0.4) is 0 Å². The number of fused-ring (bicyclic) bond motifs is 2. The van der Waals surface area contributed by atoms with Gasteiger partial charge in [0.15, 0.2) is 17.6 Å². The fourth-order valence-electron chi connectivity index (χ4n) is 5.85. The number of aryl methyl sites for hydroxylation is 1. The molecule has 0 bridgehead atoms. The molecule has 2 aliphatic rings. The Hall–Kier alpha value is -5.00. The minimum atomic E-state index is -1.55. The Morgan fingerprint density at radius 2 is 1.29 bits per heavy atom. The number of phenolic OH excluding ortho intramolecular Hbond substituents is 7. The molecule has 2 heterocycles. The number of ether oxygens (including phenoxy) is 2. The summed E-state index contributed by atoms with van der Waals surface area (Å²) in [5.41, 5.74) is 1.41. The molecule has 0 radical (unpaired) electrons. The zero-order chi connectivity index (χ0) is 30.0. The average Bonchev–Trinajstić information content (AvgIpc) is 2.93. The smallest absolute Gasteiger partial charge is 0.157 e. The van der Waals surface area contributed by atoms with E-state index in [0.29, 0.717) is 11.1 Å². The minimum Gasteiger partial charge on any atom is -0.508 e. The highest BCUT2D eigenvalue weighted by molar-refractivity contribution is 5.65. The Kier molecular flexibility index (Phi) is 6.36. The second-order valence-corrected chi connectivity index (χ2v) is 10.6. The van der Waals surface area contributed by atoms with Crippen molar-refractivity contribution in [2.75, 3.05) is 0 Å². The molecule has 0 aromatic heterocycles. The van der Waals surface area contributed by atoms with E-state index < -0.39 is 53.3 Å². The van der Waals surface area contributed by atoms with Gasteiger partial charge in [-0.25, -0.2) is 0 Å². The van der Waals surface area contributed by atoms with Crippen molar-refractivity contribution in [2.45, 2.75) is 43.7 Å². The molecule has 0 amide bonds. The third-order valence-electron chi connectivity index (χ3n) is 7.89. The molecule has 0 saturated carbocycles. The number of phenols is 7. The summed E-state index contributed by atoms with van der Waals surface area (Å²) in [7, 11) is 0. The van der Waals surface area contributed by atoms with Gasteiger partial charge in [0.05, 0.1) is 12.0 Å². The third-order valence-corrected chi connectivity index (χ3v) is 7.89. The minimum absolute atomic E-state index is 0.00879. The van der Waals surface area contributed by atoms with Crippen LogP contribution in [-0.4, -0.2) is 58.2 Å². The van der Waals surface area contributed by atoms with Crippen LogP contribution in [0, 0.1) is 6.92 Å². The molecule has 0 spiro atoms. The number of aliphatic hydroxyl groups excluding tert-OH is 2. The van der Waals surface area contributed by atoms with Crippen LogP contribution in [0.5, 0.6) is 51.7 Å². The van der Waals surface area contributed by atoms with Gasteiger partial charge in [-0.15, -0.1) is 0 Å². The van der Waals surface area contributed by atoms with Gasteiger partial charge < -0.3 is 55.4 Å². The lowest BCUT2D eigenvalue weighted by molar-refractivity contribution is 0.00117. The quantitative estimate of drug-likeness (QED) is 0.161. The van der Waals surface area contributed by atoms with E-state index in [1.807, 2.05) is 0 Å². The molecule has 42 heavy (non-hydrogen) atoms. The number of hydrogen-bond acceptors (Lipinski definition) is 11. The van der Waals surface area contributed by atoms with Crippen LogP contribution >= 0.6 is 0 Å². The Morgan fingerprint density at radius 3 is 1.98 bits per heavy atom. The zero-order valence-corrected chi connectivity index (χ0v) is 22.1.